The first kappa shape index (κ1) is 35.9. The Balaban J connectivity index is 2.44. The highest BCUT2D eigenvalue weighted by Crippen LogP contribution is 2.13. The summed E-state index contributed by atoms with van der Waals surface area (Å²) < 4.78 is 0. The lowest BCUT2D eigenvalue weighted by Gasteiger charge is -2.26. The van der Waals surface area contributed by atoms with E-state index in [2.05, 4.69) is 31.9 Å². The maximum Gasteiger partial charge on any atom is 0.305 e. The molecule has 44 heavy (non-hydrogen) atoms. The number of carboxylic acid groups (broad SMARTS) is 1. The van der Waals surface area contributed by atoms with E-state index >= 15 is 0 Å². The predicted octanol–water partition coefficient (Wildman–Crippen LogP) is -3.82. The molecule has 1 aliphatic rings. The van der Waals surface area contributed by atoms with Crippen LogP contribution in [0, 0.1) is 0 Å². The summed E-state index contributed by atoms with van der Waals surface area (Å²) in [7, 11) is 0. The van der Waals surface area contributed by atoms with Gasteiger partial charge in [0, 0.05) is 6.42 Å². The largest absolute Gasteiger partial charge is 0.508 e. The van der Waals surface area contributed by atoms with E-state index < -0.39 is 78.9 Å². The molecule has 1 fully saturated rings. The highest BCUT2D eigenvalue weighted by atomic mass is 16.4. The number of nitrogens with one attached hydrogen (secondary N) is 6. The van der Waals surface area contributed by atoms with Crippen LogP contribution in [0.4, 0.5) is 0 Å². The van der Waals surface area contributed by atoms with Gasteiger partial charge >= 0.3 is 5.97 Å². The Morgan fingerprint density at radius 2 is 1.39 bits per heavy atom. The second-order valence-corrected chi connectivity index (χ2v) is 10.4. The number of hydrogen-bond donors (Lipinski definition) is 11. The maximum absolute atomic E-state index is 13.6. The van der Waals surface area contributed by atoms with Crippen LogP contribution in [0.3, 0.4) is 0 Å². The molecule has 1 aliphatic heterocycles. The van der Waals surface area contributed by atoms with Crippen LogP contribution in [-0.4, -0.2) is 95.8 Å². The van der Waals surface area contributed by atoms with Gasteiger partial charge in [0.25, 0.3) is 0 Å². The van der Waals surface area contributed by atoms with Crippen molar-refractivity contribution in [3.05, 3.63) is 29.8 Å². The average Bonchev–Trinajstić information content (AvgIpc) is 2.96. The molecular weight excluding hydrogens is 578 g/mol. The Morgan fingerprint density at radius 1 is 0.818 bits per heavy atom. The molecule has 0 saturated carbocycles. The van der Waals surface area contributed by atoms with Crippen molar-refractivity contribution >= 4 is 35.5 Å². The summed E-state index contributed by atoms with van der Waals surface area (Å²) in [5.74, 6) is -5.40. The van der Waals surface area contributed by atoms with Crippen LogP contribution < -0.4 is 49.1 Å². The monoisotopic (exact) mass is 621 g/mol. The minimum absolute atomic E-state index is 0.0236. The molecule has 17 heteroatoms. The Bertz CT molecular complexity index is 1150. The summed E-state index contributed by atoms with van der Waals surface area (Å²) >= 11 is 0. The number of carbonyl (C=O) groups excluding carboxylic acids is 5. The molecule has 0 bridgehead atoms. The van der Waals surface area contributed by atoms with Crippen molar-refractivity contribution in [2.24, 2.45) is 17.2 Å². The first-order chi connectivity index (χ1) is 20.9. The lowest BCUT2D eigenvalue weighted by atomic mass is 10.0. The van der Waals surface area contributed by atoms with Gasteiger partial charge in [-0.2, -0.15) is 0 Å². The molecule has 5 amide bonds. The smallest absolute Gasteiger partial charge is 0.305 e. The molecule has 4 atom stereocenters. The van der Waals surface area contributed by atoms with E-state index in [9.17, 15) is 39.0 Å². The maximum atomic E-state index is 13.6. The number of unbranched alkanes of at least 4 members (excludes halogenated alkanes) is 1. The number of phenolic OH excluding ortho intramolecular Hbond substituents is 1. The molecule has 0 radical (unpaired) electrons. The molecule has 0 aromatic heterocycles. The molecule has 1 heterocycles. The van der Waals surface area contributed by atoms with E-state index in [1.54, 1.807) is 0 Å². The summed E-state index contributed by atoms with van der Waals surface area (Å²) in [4.78, 5) is 77.4. The van der Waals surface area contributed by atoms with E-state index in [1.807, 2.05) is 0 Å². The molecule has 0 aliphatic carbocycles. The number of benzene rings is 1. The molecule has 1 aromatic carbocycles. The van der Waals surface area contributed by atoms with Crippen LogP contribution in [-0.2, 0) is 35.2 Å². The second kappa shape index (κ2) is 18.4. The number of phenols is 1. The van der Waals surface area contributed by atoms with Crippen molar-refractivity contribution in [3.8, 4) is 5.75 Å². The fourth-order valence-corrected chi connectivity index (χ4v) is 4.42. The number of carbonyl (C=O) groups is 6. The van der Waals surface area contributed by atoms with E-state index in [0.717, 1.165) is 0 Å². The van der Waals surface area contributed by atoms with Gasteiger partial charge in [-0.1, -0.05) is 12.1 Å². The summed E-state index contributed by atoms with van der Waals surface area (Å²) in [6.07, 6.45) is -0.0522. The number of nitrogens with two attached hydrogens (primary N) is 3. The first-order valence-corrected chi connectivity index (χ1v) is 14.3. The minimum Gasteiger partial charge on any atom is -0.508 e. The van der Waals surface area contributed by atoms with Gasteiger partial charge in [-0.25, -0.2) is 0 Å². The number of aromatic hydroxyl groups is 1. The third-order valence-electron chi connectivity index (χ3n) is 6.73. The van der Waals surface area contributed by atoms with Crippen molar-refractivity contribution in [1.29, 1.82) is 0 Å². The quantitative estimate of drug-likeness (QED) is 0.0746. The van der Waals surface area contributed by atoms with Crippen molar-refractivity contribution < 1.29 is 39.0 Å². The molecule has 14 N–H and O–H groups in total. The first-order valence-electron chi connectivity index (χ1n) is 14.3. The zero-order chi connectivity index (χ0) is 32.6. The van der Waals surface area contributed by atoms with Crippen LogP contribution in [0.15, 0.2) is 24.3 Å². The van der Waals surface area contributed by atoms with Crippen LogP contribution in [0.2, 0.25) is 0 Å². The van der Waals surface area contributed by atoms with Gasteiger partial charge < -0.3 is 54.0 Å². The Hall–Kier alpha value is -4.32. The van der Waals surface area contributed by atoms with E-state index in [-0.39, 0.29) is 25.0 Å². The molecule has 244 valence electrons. The number of aliphatic carboxylic acids is 1. The van der Waals surface area contributed by atoms with Gasteiger partial charge in [0.2, 0.25) is 29.5 Å². The lowest BCUT2D eigenvalue weighted by Crippen LogP contribution is -2.58. The molecule has 1 aromatic rings. The zero-order valence-electron chi connectivity index (χ0n) is 24.3. The highest BCUT2D eigenvalue weighted by molar-refractivity contribution is 5.98. The van der Waals surface area contributed by atoms with Crippen molar-refractivity contribution in [2.45, 2.75) is 75.4 Å². The summed E-state index contributed by atoms with van der Waals surface area (Å²) in [6.45, 7) is 0.0434. The van der Waals surface area contributed by atoms with E-state index in [4.69, 9.17) is 17.2 Å². The van der Waals surface area contributed by atoms with E-state index in [1.165, 1.54) is 24.3 Å². The Morgan fingerprint density at radius 3 is 2.00 bits per heavy atom. The topological polar surface area (TPSA) is 293 Å². The fraction of sp³-hybridized carbons (Fsp3) is 0.556. The SMILES string of the molecule is NCCCC[C@@H]1NC(=O)[C@H](Cc2ccc(O)cc2)NC(=O)[C@H](CC(=O)O)NC(=O)CNC(=O)[C@H](CCCNC(N)N)NC1=O. The molecule has 0 spiro atoms. The summed E-state index contributed by atoms with van der Waals surface area (Å²) in [5.41, 5.74) is 17.1. The van der Waals surface area contributed by atoms with Gasteiger partial charge in [-0.05, 0) is 62.9 Å². The van der Waals surface area contributed by atoms with Crippen LogP contribution in [0.5, 0.6) is 5.75 Å². The Labute approximate surface area is 254 Å². The van der Waals surface area contributed by atoms with E-state index in [0.29, 0.717) is 37.9 Å². The lowest BCUT2D eigenvalue weighted by molar-refractivity contribution is -0.141. The van der Waals surface area contributed by atoms with Crippen molar-refractivity contribution in [1.82, 2.24) is 31.9 Å². The Kier molecular flexibility index (Phi) is 15.0. The number of amides is 5. The van der Waals surface area contributed by atoms with Gasteiger partial charge in [0.15, 0.2) is 0 Å². The molecule has 0 unspecified atom stereocenters. The van der Waals surface area contributed by atoms with Crippen LogP contribution in [0.25, 0.3) is 0 Å². The van der Waals surface area contributed by atoms with Crippen LogP contribution >= 0.6 is 0 Å². The third-order valence-corrected chi connectivity index (χ3v) is 6.73. The van der Waals surface area contributed by atoms with Gasteiger partial charge in [0.1, 0.15) is 36.2 Å². The van der Waals surface area contributed by atoms with Crippen molar-refractivity contribution in [2.75, 3.05) is 19.6 Å². The van der Waals surface area contributed by atoms with Crippen molar-refractivity contribution in [3.63, 3.8) is 0 Å². The minimum atomic E-state index is -1.58. The average molecular weight is 622 g/mol. The molecule has 17 nitrogen and oxygen atoms in total. The summed E-state index contributed by atoms with van der Waals surface area (Å²) in [6, 6.07) is 0.696. The fourth-order valence-electron chi connectivity index (χ4n) is 4.42. The molecule has 2 rings (SSSR count). The normalized spacial score (nSPS) is 22.1. The molecule has 1 saturated heterocycles. The summed E-state index contributed by atoms with van der Waals surface area (Å²) in [5, 5.41) is 34.2. The van der Waals surface area contributed by atoms with Crippen LogP contribution in [0.1, 0.15) is 44.1 Å². The highest BCUT2D eigenvalue weighted by Gasteiger charge is 2.33. The standard InChI is InChI=1S/C27H43N9O8/c28-10-2-1-4-18-24(42)34-17(5-3-11-31-27(29)30)23(41)32-14-21(38)33-20(13-22(39)40)26(44)36-19(25(43)35-18)12-15-6-8-16(37)9-7-15/h6-9,17-20,27,31,37H,1-5,10-14,28-30H2,(H,32,41)(H,33,38)(H,34,42)(H,35,43)(H,36,44)(H,39,40)/t17-,18-,19-,20-/m0/s1. The molecular formula is C27H43N9O8. The second-order valence-electron chi connectivity index (χ2n) is 10.4. The van der Waals surface area contributed by atoms with Gasteiger partial charge in [-0.3, -0.25) is 34.1 Å². The van der Waals surface area contributed by atoms with Gasteiger partial charge in [0.05, 0.1) is 13.0 Å². The number of carboxylic acids is 1. The third kappa shape index (κ3) is 12.9. The zero-order valence-corrected chi connectivity index (χ0v) is 24.3. The predicted molar refractivity (Wildman–Crippen MR) is 157 cm³/mol. The van der Waals surface area contributed by atoms with Gasteiger partial charge in [-0.15, -0.1) is 0 Å². The number of hydrogen-bond acceptors (Lipinski definition) is 11. The number of rotatable bonds is 13.